The molecule has 0 saturated carbocycles. The van der Waals surface area contributed by atoms with E-state index >= 15 is 0 Å². The lowest BCUT2D eigenvalue weighted by molar-refractivity contribution is 0.102. The van der Waals surface area contributed by atoms with Crippen LogP contribution in [-0.4, -0.2) is 27.6 Å². The number of thiazole rings is 1. The molecule has 0 atom stereocenters. The van der Waals surface area contributed by atoms with Gasteiger partial charge in [0, 0.05) is 16.5 Å². The molecule has 32 heavy (non-hydrogen) atoms. The molecule has 0 spiro atoms. The van der Waals surface area contributed by atoms with Gasteiger partial charge in [-0.25, -0.2) is 4.52 Å². The first-order chi connectivity index (χ1) is 15.7. The number of aromatic nitrogens is 3. The maximum absolute atomic E-state index is 12.8. The molecule has 0 aliphatic carbocycles. The molecule has 1 amide bonds. The van der Waals surface area contributed by atoms with Crippen molar-refractivity contribution in [1.29, 1.82) is 0 Å². The Bertz CT molecular complexity index is 1390. The number of hydrogen-bond acceptors (Lipinski definition) is 6. The number of benzene rings is 3. The summed E-state index contributed by atoms with van der Waals surface area (Å²) in [5.74, 6) is 1.95. The second-order valence-corrected chi connectivity index (χ2v) is 7.72. The van der Waals surface area contributed by atoms with Crippen LogP contribution in [0.2, 0.25) is 0 Å². The van der Waals surface area contributed by atoms with E-state index < -0.39 is 0 Å². The third kappa shape index (κ3) is 4.03. The van der Waals surface area contributed by atoms with Crippen molar-refractivity contribution in [3.8, 4) is 28.5 Å². The molecule has 3 aromatic carbocycles. The van der Waals surface area contributed by atoms with Crippen molar-refractivity contribution in [3.05, 3.63) is 89.8 Å². The van der Waals surface area contributed by atoms with Gasteiger partial charge >= 0.3 is 0 Å². The lowest BCUT2D eigenvalue weighted by atomic mass is 10.2. The summed E-state index contributed by atoms with van der Waals surface area (Å²) in [7, 11) is 1.63. The molecule has 158 valence electrons. The zero-order valence-electron chi connectivity index (χ0n) is 17.1. The number of rotatable bonds is 6. The van der Waals surface area contributed by atoms with Crippen LogP contribution in [0.15, 0.2) is 84.2 Å². The Morgan fingerprint density at radius 1 is 0.938 bits per heavy atom. The molecule has 0 bridgehead atoms. The normalized spacial score (nSPS) is 10.8. The summed E-state index contributed by atoms with van der Waals surface area (Å²) in [4.78, 5) is 17.9. The lowest BCUT2D eigenvalue weighted by Crippen LogP contribution is -2.13. The van der Waals surface area contributed by atoms with Crippen molar-refractivity contribution in [3.63, 3.8) is 0 Å². The fraction of sp³-hybridized carbons (Fsp3) is 0.0417. The third-order valence-electron chi connectivity index (χ3n) is 4.75. The van der Waals surface area contributed by atoms with Gasteiger partial charge in [-0.3, -0.25) is 10.1 Å². The number of fused-ring (bicyclic) bond motifs is 1. The molecule has 0 fully saturated rings. The van der Waals surface area contributed by atoms with Crippen LogP contribution in [-0.2, 0) is 0 Å². The number of carbonyl (C=O) groups is 1. The van der Waals surface area contributed by atoms with Crippen molar-refractivity contribution in [2.75, 3.05) is 12.4 Å². The molecule has 5 aromatic rings. The highest BCUT2D eigenvalue weighted by atomic mass is 32.1. The predicted molar refractivity (Wildman–Crippen MR) is 124 cm³/mol. The summed E-state index contributed by atoms with van der Waals surface area (Å²) < 4.78 is 12.8. The van der Waals surface area contributed by atoms with E-state index in [4.69, 9.17) is 9.47 Å². The summed E-state index contributed by atoms with van der Waals surface area (Å²) in [6.45, 7) is 0. The first-order valence-corrected chi connectivity index (χ1v) is 10.7. The standard InChI is InChI=1S/C24H18N4O3S/c1-30-19-11-5-7-16(13-19)21-15-32-24-26-23(27-28(21)24)25-22(29)17-8-6-12-20(14-17)31-18-9-3-2-4-10-18/h2-15H,1H3,(H,25,27,29). The number of methoxy groups -OCH3 is 1. The Balaban J connectivity index is 1.36. The maximum atomic E-state index is 12.8. The lowest BCUT2D eigenvalue weighted by Gasteiger charge is -2.07. The van der Waals surface area contributed by atoms with Crippen LogP contribution >= 0.6 is 11.3 Å². The van der Waals surface area contributed by atoms with Gasteiger partial charge in [0.05, 0.1) is 12.8 Å². The highest BCUT2D eigenvalue weighted by Gasteiger charge is 2.15. The van der Waals surface area contributed by atoms with Gasteiger partial charge in [0.2, 0.25) is 4.96 Å². The van der Waals surface area contributed by atoms with Crippen LogP contribution in [0.5, 0.6) is 17.2 Å². The molecule has 0 radical (unpaired) electrons. The number of amides is 1. The number of nitrogens with zero attached hydrogens (tertiary/aromatic N) is 3. The number of anilines is 1. The smallest absolute Gasteiger partial charge is 0.258 e. The Hall–Kier alpha value is -4.17. The summed E-state index contributed by atoms with van der Waals surface area (Å²) in [6.07, 6.45) is 0. The molecule has 7 nitrogen and oxygen atoms in total. The summed E-state index contributed by atoms with van der Waals surface area (Å²) in [5, 5.41) is 9.21. The molecule has 5 rings (SSSR count). The van der Waals surface area contributed by atoms with Gasteiger partial charge in [-0.2, -0.15) is 4.98 Å². The van der Waals surface area contributed by atoms with E-state index in [-0.39, 0.29) is 11.9 Å². The Labute approximate surface area is 187 Å². The van der Waals surface area contributed by atoms with Gasteiger partial charge in [0.25, 0.3) is 11.9 Å². The topological polar surface area (TPSA) is 77.8 Å². The molecule has 0 saturated heterocycles. The predicted octanol–water partition coefficient (Wildman–Crippen LogP) is 5.51. The van der Waals surface area contributed by atoms with Gasteiger partial charge in [0.15, 0.2) is 0 Å². The molecular weight excluding hydrogens is 424 g/mol. The van der Waals surface area contributed by atoms with Crippen LogP contribution in [0, 0.1) is 0 Å². The number of para-hydroxylation sites is 1. The average molecular weight is 443 g/mol. The van der Waals surface area contributed by atoms with Crippen LogP contribution in [0.1, 0.15) is 10.4 Å². The van der Waals surface area contributed by atoms with Gasteiger partial charge in [-0.1, -0.05) is 36.4 Å². The van der Waals surface area contributed by atoms with E-state index in [1.807, 2.05) is 60.0 Å². The molecule has 1 N–H and O–H groups in total. The second kappa shape index (κ2) is 8.52. The van der Waals surface area contributed by atoms with Gasteiger partial charge < -0.3 is 9.47 Å². The minimum Gasteiger partial charge on any atom is -0.497 e. The number of nitrogens with one attached hydrogen (secondary N) is 1. The van der Waals surface area contributed by atoms with E-state index in [1.165, 1.54) is 11.3 Å². The molecule has 2 heterocycles. The summed E-state index contributed by atoms with van der Waals surface area (Å²) in [6, 6.07) is 24.1. The monoisotopic (exact) mass is 442 g/mol. The van der Waals surface area contributed by atoms with Crippen molar-refractivity contribution in [2.24, 2.45) is 0 Å². The first kappa shape index (κ1) is 19.8. The Morgan fingerprint density at radius 3 is 2.56 bits per heavy atom. The van der Waals surface area contributed by atoms with E-state index in [0.29, 0.717) is 22.0 Å². The third-order valence-corrected chi connectivity index (χ3v) is 5.56. The second-order valence-electron chi connectivity index (χ2n) is 6.88. The first-order valence-electron chi connectivity index (χ1n) is 9.82. The summed E-state index contributed by atoms with van der Waals surface area (Å²) >= 11 is 1.45. The molecule has 0 aliphatic heterocycles. The molecular formula is C24H18N4O3S. The van der Waals surface area contributed by atoms with Crippen molar-refractivity contribution in [1.82, 2.24) is 14.6 Å². The fourth-order valence-electron chi connectivity index (χ4n) is 3.21. The zero-order valence-corrected chi connectivity index (χ0v) is 17.9. The summed E-state index contributed by atoms with van der Waals surface area (Å²) in [5.41, 5.74) is 2.27. The van der Waals surface area contributed by atoms with Gasteiger partial charge in [0.1, 0.15) is 17.2 Å². The van der Waals surface area contributed by atoms with Crippen molar-refractivity contribution >= 4 is 28.2 Å². The minimum atomic E-state index is -0.315. The van der Waals surface area contributed by atoms with E-state index in [1.54, 1.807) is 35.9 Å². The van der Waals surface area contributed by atoms with E-state index in [2.05, 4.69) is 15.4 Å². The Morgan fingerprint density at radius 2 is 1.72 bits per heavy atom. The highest BCUT2D eigenvalue weighted by molar-refractivity contribution is 7.15. The average Bonchev–Trinajstić information content (AvgIpc) is 3.40. The fourth-order valence-corrected chi connectivity index (χ4v) is 4.05. The largest absolute Gasteiger partial charge is 0.497 e. The van der Waals surface area contributed by atoms with Crippen LogP contribution in [0.25, 0.3) is 16.2 Å². The number of carbonyl (C=O) groups excluding carboxylic acids is 1. The SMILES string of the molecule is COc1cccc(-c2csc3nc(NC(=O)c4cccc(Oc5ccccc5)c4)nn23)c1. The van der Waals surface area contributed by atoms with E-state index in [0.717, 1.165) is 17.0 Å². The zero-order chi connectivity index (χ0) is 21.9. The maximum Gasteiger partial charge on any atom is 0.258 e. The quantitative estimate of drug-likeness (QED) is 0.375. The number of ether oxygens (including phenoxy) is 2. The van der Waals surface area contributed by atoms with Crippen LogP contribution in [0.3, 0.4) is 0 Å². The molecule has 8 heteroatoms. The highest BCUT2D eigenvalue weighted by Crippen LogP contribution is 2.28. The van der Waals surface area contributed by atoms with Crippen LogP contribution < -0.4 is 14.8 Å². The number of hydrogen-bond donors (Lipinski definition) is 1. The van der Waals surface area contributed by atoms with Crippen LogP contribution in [0.4, 0.5) is 5.95 Å². The van der Waals surface area contributed by atoms with Gasteiger partial charge in [-0.05, 0) is 42.5 Å². The molecule has 0 unspecified atom stereocenters. The molecule has 0 aliphatic rings. The van der Waals surface area contributed by atoms with Crippen molar-refractivity contribution < 1.29 is 14.3 Å². The molecule has 2 aromatic heterocycles. The minimum absolute atomic E-state index is 0.236. The van der Waals surface area contributed by atoms with Crippen molar-refractivity contribution in [2.45, 2.75) is 0 Å². The van der Waals surface area contributed by atoms with E-state index in [9.17, 15) is 4.79 Å². The van der Waals surface area contributed by atoms with Gasteiger partial charge in [-0.15, -0.1) is 16.4 Å². The Kier molecular flexibility index (Phi) is 5.27.